The Morgan fingerprint density at radius 3 is 2.62 bits per heavy atom. The summed E-state index contributed by atoms with van der Waals surface area (Å²) in [5.74, 6) is 1.09. The number of anilines is 1. The van der Waals surface area contributed by atoms with Crippen LogP contribution in [-0.4, -0.2) is 29.9 Å². The van der Waals surface area contributed by atoms with Gasteiger partial charge in [-0.05, 0) is 30.2 Å². The van der Waals surface area contributed by atoms with Gasteiger partial charge in [0, 0.05) is 12.6 Å². The quantitative estimate of drug-likeness (QED) is 0.768. The number of benzene rings is 1. The molecule has 7 nitrogen and oxygen atoms in total. The molecule has 0 fully saturated rings. The van der Waals surface area contributed by atoms with Crippen molar-refractivity contribution < 1.29 is 9.53 Å². The van der Waals surface area contributed by atoms with Crippen molar-refractivity contribution in [2.24, 2.45) is 0 Å². The first-order chi connectivity index (χ1) is 10.2. The minimum Gasteiger partial charge on any atom is -0.497 e. The van der Waals surface area contributed by atoms with E-state index in [0.717, 1.165) is 11.3 Å². The van der Waals surface area contributed by atoms with Crippen molar-refractivity contribution in [3.8, 4) is 5.75 Å². The van der Waals surface area contributed by atoms with Gasteiger partial charge in [0.05, 0.1) is 7.11 Å². The van der Waals surface area contributed by atoms with Gasteiger partial charge in [-0.25, -0.2) is 9.89 Å². The SMILES string of the molecule is COc1ccc(CCNC(=O)Nc2ccc(=O)[nH]n2)cc1. The Morgan fingerprint density at radius 1 is 1.24 bits per heavy atom. The van der Waals surface area contributed by atoms with Crippen LogP contribution in [-0.2, 0) is 6.42 Å². The van der Waals surface area contributed by atoms with Gasteiger partial charge in [0.2, 0.25) is 0 Å². The monoisotopic (exact) mass is 288 g/mol. The third-order valence-electron chi connectivity index (χ3n) is 2.78. The van der Waals surface area contributed by atoms with Crippen LogP contribution in [0.25, 0.3) is 0 Å². The molecule has 0 aliphatic rings. The van der Waals surface area contributed by atoms with Gasteiger partial charge in [0.25, 0.3) is 5.56 Å². The fraction of sp³-hybridized carbons (Fsp3) is 0.214. The van der Waals surface area contributed by atoms with Crippen LogP contribution in [0.4, 0.5) is 10.6 Å². The number of nitrogens with zero attached hydrogens (tertiary/aromatic N) is 1. The third-order valence-corrected chi connectivity index (χ3v) is 2.78. The molecule has 0 spiro atoms. The minimum atomic E-state index is -0.372. The maximum atomic E-state index is 11.6. The lowest BCUT2D eigenvalue weighted by Gasteiger charge is -2.07. The number of aromatic amines is 1. The molecule has 0 bridgehead atoms. The second-order valence-electron chi connectivity index (χ2n) is 4.29. The van der Waals surface area contributed by atoms with E-state index in [0.29, 0.717) is 13.0 Å². The summed E-state index contributed by atoms with van der Waals surface area (Å²) in [6, 6.07) is 9.99. The van der Waals surface area contributed by atoms with Crippen LogP contribution >= 0.6 is 0 Å². The second kappa shape index (κ2) is 7.09. The Labute approximate surface area is 121 Å². The zero-order valence-corrected chi connectivity index (χ0v) is 11.6. The molecular weight excluding hydrogens is 272 g/mol. The molecule has 2 aromatic rings. The molecule has 0 aliphatic heterocycles. The second-order valence-corrected chi connectivity index (χ2v) is 4.29. The van der Waals surface area contributed by atoms with Crippen molar-refractivity contribution in [3.63, 3.8) is 0 Å². The van der Waals surface area contributed by atoms with Crippen molar-refractivity contribution in [1.29, 1.82) is 0 Å². The molecule has 1 heterocycles. The molecule has 0 unspecified atom stereocenters. The number of carbonyl (C=O) groups excluding carboxylic acids is 1. The van der Waals surface area contributed by atoms with E-state index in [1.807, 2.05) is 24.3 Å². The first-order valence-electron chi connectivity index (χ1n) is 6.41. The van der Waals surface area contributed by atoms with Crippen LogP contribution in [0.1, 0.15) is 5.56 Å². The number of H-pyrrole nitrogens is 1. The molecule has 1 aromatic heterocycles. The van der Waals surface area contributed by atoms with Crippen LogP contribution in [0, 0.1) is 0 Å². The van der Waals surface area contributed by atoms with E-state index in [1.54, 1.807) is 7.11 Å². The molecular formula is C14H16N4O3. The molecule has 1 aromatic carbocycles. The fourth-order valence-corrected chi connectivity index (χ4v) is 1.69. The predicted octanol–water partition coefficient (Wildman–Crippen LogP) is 1.14. The van der Waals surface area contributed by atoms with Gasteiger partial charge < -0.3 is 10.1 Å². The first kappa shape index (κ1) is 14.6. The molecule has 7 heteroatoms. The van der Waals surface area contributed by atoms with Gasteiger partial charge in [-0.15, -0.1) is 0 Å². The first-order valence-corrected chi connectivity index (χ1v) is 6.41. The smallest absolute Gasteiger partial charge is 0.320 e. The number of hydrogen-bond donors (Lipinski definition) is 3. The highest BCUT2D eigenvalue weighted by Gasteiger charge is 2.02. The zero-order chi connectivity index (χ0) is 15.1. The Morgan fingerprint density at radius 2 is 2.00 bits per heavy atom. The summed E-state index contributed by atoms with van der Waals surface area (Å²) in [6.45, 7) is 0.488. The van der Waals surface area contributed by atoms with E-state index in [9.17, 15) is 9.59 Å². The fourth-order valence-electron chi connectivity index (χ4n) is 1.69. The molecule has 0 aliphatic carbocycles. The minimum absolute atomic E-state index is 0.288. The van der Waals surface area contributed by atoms with Gasteiger partial charge in [-0.1, -0.05) is 12.1 Å². The standard InChI is InChI=1S/C14H16N4O3/c1-21-11-4-2-10(3-5-11)8-9-15-14(20)16-12-6-7-13(19)18-17-12/h2-7H,8-9H2,1H3,(H,18,19)(H2,15,16,17,20). The molecule has 110 valence electrons. The normalized spacial score (nSPS) is 9.95. The van der Waals surface area contributed by atoms with Crippen molar-refractivity contribution in [2.75, 3.05) is 19.0 Å². The van der Waals surface area contributed by atoms with Crippen LogP contribution < -0.4 is 20.9 Å². The number of hydrogen-bond acceptors (Lipinski definition) is 4. The number of carbonyl (C=O) groups is 1. The summed E-state index contributed by atoms with van der Waals surface area (Å²) in [5.41, 5.74) is 0.777. The van der Waals surface area contributed by atoms with E-state index in [-0.39, 0.29) is 17.4 Å². The van der Waals surface area contributed by atoms with Crippen molar-refractivity contribution in [2.45, 2.75) is 6.42 Å². The largest absolute Gasteiger partial charge is 0.497 e. The van der Waals surface area contributed by atoms with Gasteiger partial charge in [0.1, 0.15) is 5.75 Å². The Balaban J connectivity index is 1.75. The number of urea groups is 1. The summed E-state index contributed by atoms with van der Waals surface area (Å²) < 4.78 is 5.07. The van der Waals surface area contributed by atoms with E-state index >= 15 is 0 Å². The summed E-state index contributed by atoms with van der Waals surface area (Å²) in [5, 5.41) is 11.2. The Hall–Kier alpha value is -2.83. The molecule has 2 amide bonds. The van der Waals surface area contributed by atoms with Gasteiger partial charge in [0.15, 0.2) is 5.82 Å². The summed E-state index contributed by atoms with van der Waals surface area (Å²) in [4.78, 5) is 22.4. The number of methoxy groups -OCH3 is 1. The van der Waals surface area contributed by atoms with E-state index in [2.05, 4.69) is 20.8 Å². The highest BCUT2D eigenvalue weighted by atomic mass is 16.5. The number of aromatic nitrogens is 2. The predicted molar refractivity (Wildman–Crippen MR) is 78.6 cm³/mol. The Bertz CT molecular complexity index is 632. The zero-order valence-electron chi connectivity index (χ0n) is 11.6. The highest BCUT2D eigenvalue weighted by molar-refractivity contribution is 5.87. The summed E-state index contributed by atoms with van der Waals surface area (Å²) in [7, 11) is 1.62. The van der Waals surface area contributed by atoms with E-state index < -0.39 is 0 Å². The van der Waals surface area contributed by atoms with Crippen LogP contribution in [0.3, 0.4) is 0 Å². The van der Waals surface area contributed by atoms with Crippen LogP contribution in [0.2, 0.25) is 0 Å². The summed E-state index contributed by atoms with van der Waals surface area (Å²) in [6.07, 6.45) is 0.705. The van der Waals surface area contributed by atoms with Crippen LogP contribution in [0.15, 0.2) is 41.2 Å². The average Bonchev–Trinajstić information content (AvgIpc) is 2.50. The maximum absolute atomic E-state index is 11.6. The van der Waals surface area contributed by atoms with Crippen molar-refractivity contribution in [3.05, 3.63) is 52.3 Å². The molecule has 0 radical (unpaired) electrons. The summed E-state index contributed by atoms with van der Waals surface area (Å²) >= 11 is 0. The van der Waals surface area contributed by atoms with E-state index in [4.69, 9.17) is 4.74 Å². The van der Waals surface area contributed by atoms with Crippen molar-refractivity contribution >= 4 is 11.8 Å². The molecule has 0 saturated carbocycles. The van der Waals surface area contributed by atoms with Gasteiger partial charge >= 0.3 is 6.03 Å². The van der Waals surface area contributed by atoms with Crippen molar-refractivity contribution in [1.82, 2.24) is 15.5 Å². The third kappa shape index (κ3) is 4.64. The lowest BCUT2D eigenvalue weighted by molar-refractivity contribution is 0.252. The average molecular weight is 288 g/mol. The van der Waals surface area contributed by atoms with E-state index in [1.165, 1.54) is 12.1 Å². The lowest BCUT2D eigenvalue weighted by atomic mass is 10.1. The molecule has 0 atom stereocenters. The number of rotatable bonds is 5. The number of ether oxygens (including phenoxy) is 1. The van der Waals surface area contributed by atoms with Gasteiger partial charge in [-0.2, -0.15) is 5.10 Å². The number of amides is 2. The topological polar surface area (TPSA) is 96.1 Å². The maximum Gasteiger partial charge on any atom is 0.320 e. The van der Waals surface area contributed by atoms with Gasteiger partial charge in [-0.3, -0.25) is 10.1 Å². The van der Waals surface area contributed by atoms with Crippen LogP contribution in [0.5, 0.6) is 5.75 Å². The Kier molecular flexibility index (Phi) is 4.92. The molecule has 0 saturated heterocycles. The highest BCUT2D eigenvalue weighted by Crippen LogP contribution is 2.11. The molecule has 3 N–H and O–H groups in total. The molecule has 21 heavy (non-hydrogen) atoms. The molecule has 2 rings (SSSR count). The lowest BCUT2D eigenvalue weighted by Crippen LogP contribution is -2.31. The number of nitrogens with one attached hydrogen (secondary N) is 3.